The Bertz CT molecular complexity index is 2720. The standard InChI is InChI=1S/C31H49N5O4.C30H32FN3O3/c1-5-6-7-26-21-35(20-25-8-18-39-19-9-25)29(38)40-31(26)12-16-36(17-13-31)30(4)10-14-34(15-11-30)28(37)27-23(2)32-22-33-24(27)3;1-37-28-4-2-3-25(18-28)30(36)34-13-9-21(10-14-34)16-29(35)32-27-11-12-33(20-27)19-22-5-6-24-17-26(31)8-7-23(24)15-22/h22,25-26H,5-21H2,1-4H3;2-8,15-18,27H,9-14,19-20H2,1H3,(H,32,35)/t26-;/m0./s1. The molecule has 414 valence electrons. The molecule has 6 aliphatic heterocycles. The topological polar surface area (TPSA) is 150 Å². The van der Waals surface area contributed by atoms with E-state index in [-0.39, 0.29) is 46.8 Å². The van der Waals surface area contributed by atoms with Gasteiger partial charge in [-0.1, -0.05) is 49.6 Å². The van der Waals surface area contributed by atoms with Crippen molar-refractivity contribution in [2.45, 2.75) is 128 Å². The number of piperidine rings is 3. The van der Waals surface area contributed by atoms with Gasteiger partial charge in [0.1, 0.15) is 23.5 Å². The minimum absolute atomic E-state index is 0.00738. The Balaban J connectivity index is 0.000000188. The predicted octanol–water partition coefficient (Wildman–Crippen LogP) is 9.15. The number of aryl methyl sites for hydroxylation is 2. The molecule has 3 aromatic carbocycles. The molecule has 0 saturated carbocycles. The van der Waals surface area contributed by atoms with Gasteiger partial charge < -0.3 is 34.2 Å². The Kier molecular flexibility index (Phi) is 18.3. The first-order valence-corrected chi connectivity index (χ1v) is 28.4. The molecule has 1 aromatic heterocycles. The molecule has 10 rings (SSSR count). The number of ether oxygens (including phenoxy) is 3. The van der Waals surface area contributed by atoms with E-state index in [0.717, 1.165) is 158 Å². The zero-order valence-corrected chi connectivity index (χ0v) is 46.2. The first-order valence-electron chi connectivity index (χ1n) is 28.4. The molecular weight excluding hydrogens is 976 g/mol. The van der Waals surface area contributed by atoms with E-state index < -0.39 is 0 Å². The van der Waals surface area contributed by atoms with Crippen molar-refractivity contribution in [2.75, 3.05) is 85.8 Å². The van der Waals surface area contributed by atoms with E-state index in [1.165, 1.54) is 24.4 Å². The predicted molar refractivity (Wildman–Crippen MR) is 295 cm³/mol. The van der Waals surface area contributed by atoms with Gasteiger partial charge in [0.05, 0.1) is 24.1 Å². The molecule has 1 N–H and O–H groups in total. The van der Waals surface area contributed by atoms with Gasteiger partial charge in [-0.3, -0.25) is 24.2 Å². The van der Waals surface area contributed by atoms with Crippen LogP contribution in [-0.2, 0) is 20.8 Å². The molecule has 1 unspecified atom stereocenters. The van der Waals surface area contributed by atoms with Gasteiger partial charge in [0.15, 0.2) is 0 Å². The molecule has 6 aliphatic rings. The SMILES string of the molecule is CCCC[C@H]1CN(CC2CCOCC2)C(=O)OC12CCN(C1(C)CCN(C(=O)c3c(C)ncnc3C)CC1)CC2.COc1cccc(C(=O)N2CCC(=CC(=O)NC3CCN(Cc4ccc5cc(F)ccc5c4)C3)CC2)c1. The van der Waals surface area contributed by atoms with E-state index in [9.17, 15) is 23.6 Å². The number of aromatic nitrogens is 2. The monoisotopic (exact) mass is 1060 g/mol. The molecule has 0 bridgehead atoms. The number of hydrogen-bond acceptors (Lipinski definition) is 11. The fraction of sp³-hybridized carbons (Fsp3) is 0.574. The van der Waals surface area contributed by atoms with Gasteiger partial charge in [0, 0.05) is 127 Å². The second-order valence-electron chi connectivity index (χ2n) is 22.8. The van der Waals surface area contributed by atoms with Crippen molar-refractivity contribution < 1.29 is 37.8 Å². The highest BCUT2D eigenvalue weighted by molar-refractivity contribution is 5.96. The molecule has 16 heteroatoms. The molecule has 6 saturated heterocycles. The number of nitrogens with one attached hydrogen (secondary N) is 1. The van der Waals surface area contributed by atoms with Crippen molar-refractivity contribution >= 4 is 34.6 Å². The van der Waals surface area contributed by atoms with Crippen LogP contribution in [0.3, 0.4) is 0 Å². The normalized spacial score (nSPS) is 22.1. The third-order valence-electron chi connectivity index (χ3n) is 17.6. The van der Waals surface area contributed by atoms with Crippen LogP contribution in [0, 0.1) is 31.5 Å². The maximum absolute atomic E-state index is 13.4. The van der Waals surface area contributed by atoms with Crippen LogP contribution >= 0.6 is 0 Å². The van der Waals surface area contributed by atoms with Gasteiger partial charge in [0.25, 0.3) is 11.8 Å². The van der Waals surface area contributed by atoms with E-state index in [0.29, 0.717) is 54.6 Å². The summed E-state index contributed by atoms with van der Waals surface area (Å²) in [4.78, 5) is 71.4. The quantitative estimate of drug-likeness (QED) is 0.128. The Labute approximate surface area is 454 Å². The number of methoxy groups -OCH3 is 1. The second-order valence-corrected chi connectivity index (χ2v) is 22.8. The van der Waals surface area contributed by atoms with E-state index in [1.54, 1.807) is 31.4 Å². The highest BCUT2D eigenvalue weighted by Crippen LogP contribution is 2.44. The summed E-state index contributed by atoms with van der Waals surface area (Å²) in [6, 6.07) is 18.3. The van der Waals surface area contributed by atoms with Crippen molar-refractivity contribution in [2.24, 2.45) is 11.8 Å². The van der Waals surface area contributed by atoms with Crippen LogP contribution in [0.5, 0.6) is 5.75 Å². The molecule has 4 aromatic rings. The molecular formula is C61H81FN8O7. The summed E-state index contributed by atoms with van der Waals surface area (Å²) in [6.45, 7) is 18.7. The average molecular weight is 1060 g/mol. The fourth-order valence-corrected chi connectivity index (χ4v) is 12.8. The summed E-state index contributed by atoms with van der Waals surface area (Å²) in [5.74, 6) is 1.34. The number of rotatable bonds is 13. The number of amides is 4. The minimum atomic E-state index is -0.343. The van der Waals surface area contributed by atoms with Crippen LogP contribution in [0.15, 0.2) is 78.6 Å². The van der Waals surface area contributed by atoms with E-state index in [1.807, 2.05) is 58.9 Å². The number of fused-ring (bicyclic) bond motifs is 1. The smallest absolute Gasteiger partial charge is 0.410 e. The lowest BCUT2D eigenvalue weighted by molar-refractivity contribution is -0.135. The van der Waals surface area contributed by atoms with Gasteiger partial charge in [-0.05, 0) is 131 Å². The maximum Gasteiger partial charge on any atom is 0.410 e. The zero-order valence-electron chi connectivity index (χ0n) is 46.2. The highest BCUT2D eigenvalue weighted by atomic mass is 19.1. The Morgan fingerprint density at radius 3 is 2.25 bits per heavy atom. The summed E-state index contributed by atoms with van der Waals surface area (Å²) >= 11 is 0. The summed E-state index contributed by atoms with van der Waals surface area (Å²) in [7, 11) is 1.59. The molecule has 4 amide bonds. The van der Waals surface area contributed by atoms with Crippen molar-refractivity contribution in [3.8, 4) is 5.75 Å². The zero-order chi connectivity index (χ0) is 54.1. The lowest BCUT2D eigenvalue weighted by Crippen LogP contribution is -2.64. The summed E-state index contributed by atoms with van der Waals surface area (Å²) < 4.78 is 30.6. The van der Waals surface area contributed by atoms with Crippen LogP contribution in [0.2, 0.25) is 0 Å². The summed E-state index contributed by atoms with van der Waals surface area (Å²) in [6.07, 6.45) is 14.6. The van der Waals surface area contributed by atoms with E-state index in [4.69, 9.17) is 14.2 Å². The summed E-state index contributed by atoms with van der Waals surface area (Å²) in [5.41, 5.74) is 4.73. The molecule has 15 nitrogen and oxygen atoms in total. The Morgan fingerprint density at radius 1 is 0.831 bits per heavy atom. The second kappa shape index (κ2) is 25.2. The van der Waals surface area contributed by atoms with Gasteiger partial charge >= 0.3 is 6.09 Å². The largest absolute Gasteiger partial charge is 0.497 e. The Hall–Kier alpha value is -5.97. The number of likely N-dealkylation sites (tertiary alicyclic amines) is 4. The molecule has 1 spiro atoms. The lowest BCUT2D eigenvalue weighted by atomic mass is 9.74. The van der Waals surface area contributed by atoms with Crippen LogP contribution in [-0.4, -0.2) is 161 Å². The van der Waals surface area contributed by atoms with Gasteiger partial charge in [-0.2, -0.15) is 0 Å². The molecule has 7 heterocycles. The van der Waals surface area contributed by atoms with Crippen molar-refractivity contribution in [1.82, 2.24) is 39.8 Å². The molecule has 0 aliphatic carbocycles. The molecule has 6 fully saturated rings. The number of halogens is 1. The lowest BCUT2D eigenvalue weighted by Gasteiger charge is -2.55. The van der Waals surface area contributed by atoms with Crippen molar-refractivity contribution in [3.05, 3.63) is 113 Å². The van der Waals surface area contributed by atoms with Gasteiger partial charge in [-0.15, -0.1) is 0 Å². The van der Waals surface area contributed by atoms with E-state index in [2.05, 4.69) is 45.0 Å². The minimum Gasteiger partial charge on any atom is -0.497 e. The number of benzene rings is 3. The van der Waals surface area contributed by atoms with Crippen LogP contribution in [0.4, 0.5) is 9.18 Å². The average Bonchev–Trinajstić information content (AvgIpc) is 3.89. The molecule has 77 heavy (non-hydrogen) atoms. The van der Waals surface area contributed by atoms with Crippen molar-refractivity contribution in [3.63, 3.8) is 0 Å². The molecule has 2 atom stereocenters. The van der Waals surface area contributed by atoms with Crippen molar-refractivity contribution in [1.29, 1.82) is 0 Å². The first-order chi connectivity index (χ1) is 37.2. The van der Waals surface area contributed by atoms with Gasteiger partial charge in [0.2, 0.25) is 5.91 Å². The number of hydrogen-bond donors (Lipinski definition) is 1. The number of nitrogens with zero attached hydrogens (tertiary/aromatic N) is 7. The van der Waals surface area contributed by atoms with Crippen LogP contribution in [0.25, 0.3) is 10.8 Å². The third-order valence-corrected chi connectivity index (χ3v) is 17.6. The number of unbranched alkanes of at least 4 members (excludes halogenated alkanes) is 1. The van der Waals surface area contributed by atoms with Gasteiger partial charge in [-0.25, -0.2) is 19.2 Å². The Morgan fingerprint density at radius 2 is 1.53 bits per heavy atom. The van der Waals surface area contributed by atoms with Crippen LogP contribution < -0.4 is 10.1 Å². The number of carbonyl (C=O) groups excluding carboxylic acids is 4. The highest BCUT2D eigenvalue weighted by Gasteiger charge is 2.52. The number of carbonyl (C=O) groups is 4. The maximum atomic E-state index is 13.4. The fourth-order valence-electron chi connectivity index (χ4n) is 12.8. The molecule has 0 radical (unpaired) electrons. The van der Waals surface area contributed by atoms with Crippen LogP contribution in [0.1, 0.15) is 129 Å². The first kappa shape index (κ1) is 55.8. The third kappa shape index (κ3) is 13.7. The summed E-state index contributed by atoms with van der Waals surface area (Å²) in [5, 5.41) is 5.09. The van der Waals surface area contributed by atoms with E-state index >= 15 is 0 Å².